The van der Waals surface area contributed by atoms with E-state index in [4.69, 9.17) is 4.74 Å². The number of rotatable bonds is 4. The van der Waals surface area contributed by atoms with Gasteiger partial charge in [-0.25, -0.2) is 0 Å². The average molecular weight is 259 g/mol. The first-order valence-corrected chi connectivity index (χ1v) is 6.56. The maximum Gasteiger partial charge on any atom is 0.115 e. The largest absolute Gasteiger partial charge is 0.382 e. The van der Waals surface area contributed by atoms with E-state index in [1.807, 2.05) is 51.1 Å². The van der Waals surface area contributed by atoms with Crippen molar-refractivity contribution in [2.75, 3.05) is 13.7 Å². The lowest BCUT2D eigenvalue weighted by Gasteiger charge is -2.32. The SMILES string of the molecule is COCC(O)(c1ccc2nc(C)ccc2c1)C(C)C. The van der Waals surface area contributed by atoms with Gasteiger partial charge in [-0.2, -0.15) is 0 Å². The number of benzene rings is 1. The number of hydrogen-bond donors (Lipinski definition) is 1. The predicted octanol–water partition coefficient (Wildman–Crippen LogP) is 3.03. The molecule has 0 fully saturated rings. The molecular formula is C16H21NO2. The lowest BCUT2D eigenvalue weighted by molar-refractivity contribution is -0.0699. The molecule has 0 spiro atoms. The molecule has 1 aromatic heterocycles. The Morgan fingerprint density at radius 3 is 2.63 bits per heavy atom. The first kappa shape index (κ1) is 14.0. The van der Waals surface area contributed by atoms with Crippen LogP contribution in [0.1, 0.15) is 25.1 Å². The zero-order valence-electron chi connectivity index (χ0n) is 12.0. The summed E-state index contributed by atoms with van der Waals surface area (Å²) in [6.45, 7) is 6.26. The number of aryl methyl sites for hydroxylation is 1. The van der Waals surface area contributed by atoms with Gasteiger partial charge in [0.1, 0.15) is 5.60 Å². The Morgan fingerprint density at radius 2 is 2.00 bits per heavy atom. The van der Waals surface area contributed by atoms with Crippen LogP contribution in [0.2, 0.25) is 0 Å². The summed E-state index contributed by atoms with van der Waals surface area (Å²) in [5.74, 6) is 0.0725. The second-order valence-electron chi connectivity index (χ2n) is 5.37. The number of fused-ring (bicyclic) bond motifs is 1. The van der Waals surface area contributed by atoms with Gasteiger partial charge in [0.15, 0.2) is 0 Å². The Labute approximate surface area is 114 Å². The van der Waals surface area contributed by atoms with E-state index in [1.165, 1.54) is 0 Å². The van der Waals surface area contributed by atoms with Crippen molar-refractivity contribution in [3.8, 4) is 0 Å². The number of methoxy groups -OCH3 is 1. The van der Waals surface area contributed by atoms with Crippen LogP contribution < -0.4 is 0 Å². The molecule has 1 atom stereocenters. The summed E-state index contributed by atoms with van der Waals surface area (Å²) >= 11 is 0. The Bertz CT molecular complexity index is 580. The first-order chi connectivity index (χ1) is 8.97. The highest BCUT2D eigenvalue weighted by Crippen LogP contribution is 2.31. The second kappa shape index (κ2) is 5.27. The van der Waals surface area contributed by atoms with Crippen LogP contribution in [-0.2, 0) is 10.3 Å². The fourth-order valence-corrected chi connectivity index (χ4v) is 2.30. The van der Waals surface area contributed by atoms with Gasteiger partial charge in [-0.3, -0.25) is 4.98 Å². The van der Waals surface area contributed by atoms with Crippen molar-refractivity contribution in [1.29, 1.82) is 0 Å². The third-order valence-electron chi connectivity index (χ3n) is 3.65. The highest BCUT2D eigenvalue weighted by atomic mass is 16.5. The van der Waals surface area contributed by atoms with Crippen molar-refractivity contribution in [3.05, 3.63) is 41.6 Å². The number of hydrogen-bond acceptors (Lipinski definition) is 3. The molecule has 0 aliphatic rings. The molecule has 0 aliphatic carbocycles. The Hall–Kier alpha value is -1.45. The summed E-state index contributed by atoms with van der Waals surface area (Å²) in [7, 11) is 1.61. The van der Waals surface area contributed by atoms with Gasteiger partial charge in [0, 0.05) is 18.2 Å². The number of nitrogens with zero attached hydrogens (tertiary/aromatic N) is 1. The van der Waals surface area contributed by atoms with Crippen molar-refractivity contribution < 1.29 is 9.84 Å². The van der Waals surface area contributed by atoms with Crippen LogP contribution in [0.3, 0.4) is 0 Å². The Kier molecular flexibility index (Phi) is 3.88. The predicted molar refractivity (Wildman–Crippen MR) is 77.1 cm³/mol. The fourth-order valence-electron chi connectivity index (χ4n) is 2.30. The number of aromatic nitrogens is 1. The molecule has 3 heteroatoms. The molecule has 0 saturated heterocycles. The Balaban J connectivity index is 2.52. The molecule has 2 aromatic rings. The zero-order chi connectivity index (χ0) is 14.0. The van der Waals surface area contributed by atoms with E-state index >= 15 is 0 Å². The maximum atomic E-state index is 10.8. The zero-order valence-corrected chi connectivity index (χ0v) is 12.0. The highest BCUT2D eigenvalue weighted by Gasteiger charge is 2.33. The van der Waals surface area contributed by atoms with Gasteiger partial charge in [-0.05, 0) is 36.6 Å². The lowest BCUT2D eigenvalue weighted by Crippen LogP contribution is -2.36. The molecule has 3 nitrogen and oxygen atoms in total. The van der Waals surface area contributed by atoms with Gasteiger partial charge in [0.25, 0.3) is 0 Å². The van der Waals surface area contributed by atoms with Crippen LogP contribution in [0, 0.1) is 12.8 Å². The molecule has 0 saturated carbocycles. The van der Waals surface area contributed by atoms with Gasteiger partial charge in [-0.15, -0.1) is 0 Å². The van der Waals surface area contributed by atoms with E-state index in [0.29, 0.717) is 0 Å². The second-order valence-corrected chi connectivity index (χ2v) is 5.37. The van der Waals surface area contributed by atoms with Gasteiger partial charge < -0.3 is 9.84 Å². The standard InChI is InChI=1S/C16H21NO2/c1-11(2)16(18,10-19-4)14-7-8-15-13(9-14)6-5-12(3)17-15/h5-9,11,18H,10H2,1-4H3. The maximum absolute atomic E-state index is 10.8. The molecule has 1 unspecified atom stereocenters. The molecule has 0 aliphatic heterocycles. The van der Waals surface area contributed by atoms with Crippen molar-refractivity contribution in [2.24, 2.45) is 5.92 Å². The van der Waals surface area contributed by atoms with Crippen molar-refractivity contribution in [1.82, 2.24) is 4.98 Å². The van der Waals surface area contributed by atoms with E-state index in [0.717, 1.165) is 22.2 Å². The summed E-state index contributed by atoms with van der Waals surface area (Å²) in [4.78, 5) is 4.48. The molecule has 0 radical (unpaired) electrons. The molecule has 2 rings (SSSR count). The number of aliphatic hydroxyl groups is 1. The van der Waals surface area contributed by atoms with E-state index in [1.54, 1.807) is 7.11 Å². The summed E-state index contributed by atoms with van der Waals surface area (Å²) in [6.07, 6.45) is 0. The molecule has 1 N–H and O–H groups in total. The Morgan fingerprint density at radius 1 is 1.26 bits per heavy atom. The van der Waals surface area contributed by atoms with E-state index in [9.17, 15) is 5.11 Å². The molecule has 1 heterocycles. The van der Waals surface area contributed by atoms with E-state index < -0.39 is 5.60 Å². The molecule has 0 bridgehead atoms. The summed E-state index contributed by atoms with van der Waals surface area (Å²) in [5.41, 5.74) is 1.86. The van der Waals surface area contributed by atoms with Crippen LogP contribution in [0.15, 0.2) is 30.3 Å². The summed E-state index contributed by atoms with van der Waals surface area (Å²) in [6, 6.07) is 9.92. The van der Waals surface area contributed by atoms with Gasteiger partial charge >= 0.3 is 0 Å². The minimum Gasteiger partial charge on any atom is -0.382 e. The summed E-state index contributed by atoms with van der Waals surface area (Å²) in [5, 5.41) is 11.9. The topological polar surface area (TPSA) is 42.4 Å². The number of ether oxygens (including phenoxy) is 1. The number of pyridine rings is 1. The minimum absolute atomic E-state index is 0.0725. The average Bonchev–Trinajstić information content (AvgIpc) is 2.38. The van der Waals surface area contributed by atoms with Crippen LogP contribution in [0.4, 0.5) is 0 Å². The molecule has 19 heavy (non-hydrogen) atoms. The van der Waals surface area contributed by atoms with Gasteiger partial charge in [0.2, 0.25) is 0 Å². The van der Waals surface area contributed by atoms with Crippen LogP contribution in [0.5, 0.6) is 0 Å². The van der Waals surface area contributed by atoms with E-state index in [-0.39, 0.29) is 12.5 Å². The quantitative estimate of drug-likeness (QED) is 0.917. The molecule has 0 amide bonds. The van der Waals surface area contributed by atoms with Gasteiger partial charge in [-0.1, -0.05) is 26.0 Å². The highest BCUT2D eigenvalue weighted by molar-refractivity contribution is 5.79. The molecule has 102 valence electrons. The van der Waals surface area contributed by atoms with Crippen molar-refractivity contribution >= 4 is 10.9 Å². The molecule has 1 aromatic carbocycles. The third-order valence-corrected chi connectivity index (χ3v) is 3.65. The fraction of sp³-hybridized carbons (Fsp3) is 0.438. The van der Waals surface area contributed by atoms with Crippen molar-refractivity contribution in [2.45, 2.75) is 26.4 Å². The first-order valence-electron chi connectivity index (χ1n) is 6.56. The summed E-state index contributed by atoms with van der Waals surface area (Å²) < 4.78 is 5.19. The van der Waals surface area contributed by atoms with Crippen molar-refractivity contribution in [3.63, 3.8) is 0 Å². The van der Waals surface area contributed by atoms with Gasteiger partial charge in [0.05, 0.1) is 12.1 Å². The third kappa shape index (κ3) is 2.62. The van der Waals surface area contributed by atoms with Crippen LogP contribution in [-0.4, -0.2) is 23.8 Å². The lowest BCUT2D eigenvalue weighted by atomic mass is 9.83. The smallest absolute Gasteiger partial charge is 0.115 e. The van der Waals surface area contributed by atoms with Crippen LogP contribution in [0.25, 0.3) is 10.9 Å². The van der Waals surface area contributed by atoms with Crippen LogP contribution >= 0.6 is 0 Å². The normalized spacial score (nSPS) is 14.8. The van der Waals surface area contributed by atoms with E-state index in [2.05, 4.69) is 4.98 Å². The monoisotopic (exact) mass is 259 g/mol. The molecular weight excluding hydrogens is 238 g/mol. The minimum atomic E-state index is -0.964.